The first-order chi connectivity index (χ1) is 8.61. The number of aryl methyl sites for hydroxylation is 1. The molecular weight excluding hydrogens is 334 g/mol. The molecule has 0 fully saturated rings. The number of hydrogen-bond donors (Lipinski definition) is 2. The highest BCUT2D eigenvalue weighted by Crippen LogP contribution is 2.31. The summed E-state index contributed by atoms with van der Waals surface area (Å²) in [7, 11) is 0. The first kappa shape index (κ1) is 14.0. The minimum Gasteiger partial charge on any atom is -0.271 e. The van der Waals surface area contributed by atoms with Crippen molar-refractivity contribution in [3.05, 3.63) is 49.3 Å². The minimum absolute atomic E-state index is 0.0449. The summed E-state index contributed by atoms with van der Waals surface area (Å²) in [5, 5.41) is 3.79. The number of rotatable bonds is 4. The van der Waals surface area contributed by atoms with Gasteiger partial charge in [-0.1, -0.05) is 23.7 Å². The Morgan fingerprint density at radius 2 is 2.33 bits per heavy atom. The maximum absolute atomic E-state index is 6.28. The Morgan fingerprint density at radius 1 is 1.56 bits per heavy atom. The molecule has 18 heavy (non-hydrogen) atoms. The van der Waals surface area contributed by atoms with Gasteiger partial charge in [-0.2, -0.15) is 0 Å². The van der Waals surface area contributed by atoms with Gasteiger partial charge in [0.1, 0.15) is 0 Å². The van der Waals surface area contributed by atoms with E-state index in [1.807, 2.05) is 30.5 Å². The molecular formula is C12H13BrClN3S. The zero-order valence-electron chi connectivity index (χ0n) is 9.78. The van der Waals surface area contributed by atoms with E-state index in [1.165, 1.54) is 0 Å². The fraction of sp³-hybridized carbons (Fsp3) is 0.250. The van der Waals surface area contributed by atoms with Crippen molar-refractivity contribution in [3.63, 3.8) is 0 Å². The molecule has 1 heterocycles. The van der Waals surface area contributed by atoms with Gasteiger partial charge in [0.2, 0.25) is 0 Å². The minimum atomic E-state index is -0.0449. The molecule has 0 aliphatic heterocycles. The molecule has 3 N–H and O–H groups in total. The van der Waals surface area contributed by atoms with Crippen LogP contribution in [0.25, 0.3) is 0 Å². The smallest absolute Gasteiger partial charge is 0.0897 e. The van der Waals surface area contributed by atoms with Crippen LogP contribution >= 0.6 is 38.9 Å². The van der Waals surface area contributed by atoms with Crippen LogP contribution < -0.4 is 11.3 Å². The van der Waals surface area contributed by atoms with Crippen molar-refractivity contribution < 1.29 is 0 Å². The Bertz CT molecular complexity index is 544. The average Bonchev–Trinajstić information content (AvgIpc) is 2.76. The molecule has 96 valence electrons. The Morgan fingerprint density at radius 3 is 2.94 bits per heavy atom. The molecule has 1 aromatic heterocycles. The Kier molecular flexibility index (Phi) is 4.75. The van der Waals surface area contributed by atoms with E-state index in [2.05, 4.69) is 26.3 Å². The van der Waals surface area contributed by atoms with Crippen LogP contribution in [0.2, 0.25) is 5.02 Å². The van der Waals surface area contributed by atoms with Gasteiger partial charge in [-0.3, -0.25) is 11.3 Å². The largest absolute Gasteiger partial charge is 0.271 e. The van der Waals surface area contributed by atoms with E-state index < -0.39 is 0 Å². The summed E-state index contributed by atoms with van der Waals surface area (Å²) in [6.07, 6.45) is 0.719. The van der Waals surface area contributed by atoms with E-state index in [4.69, 9.17) is 17.4 Å². The van der Waals surface area contributed by atoms with Crippen LogP contribution in [0.5, 0.6) is 0 Å². The molecule has 2 aromatic rings. The molecule has 1 aromatic carbocycles. The number of nitrogens with two attached hydrogens (primary N) is 1. The summed E-state index contributed by atoms with van der Waals surface area (Å²) in [4.78, 5) is 4.44. The zero-order chi connectivity index (χ0) is 13.1. The molecule has 0 aliphatic carbocycles. The molecule has 0 bridgehead atoms. The third kappa shape index (κ3) is 3.10. The van der Waals surface area contributed by atoms with Gasteiger partial charge in [0.15, 0.2) is 0 Å². The predicted molar refractivity (Wildman–Crippen MR) is 79.8 cm³/mol. The quantitative estimate of drug-likeness (QED) is 0.657. The lowest BCUT2D eigenvalue weighted by Crippen LogP contribution is -2.30. The van der Waals surface area contributed by atoms with Gasteiger partial charge in [-0.25, -0.2) is 4.98 Å². The van der Waals surface area contributed by atoms with Crippen molar-refractivity contribution in [2.45, 2.75) is 19.4 Å². The zero-order valence-corrected chi connectivity index (χ0v) is 12.9. The molecule has 6 heteroatoms. The second-order valence-electron chi connectivity index (χ2n) is 3.92. The summed E-state index contributed by atoms with van der Waals surface area (Å²) in [6, 6.07) is 5.78. The van der Waals surface area contributed by atoms with Crippen molar-refractivity contribution in [3.8, 4) is 0 Å². The Labute approximate surface area is 123 Å². The number of aromatic nitrogens is 1. The second-order valence-corrected chi connectivity index (χ2v) is 6.22. The fourth-order valence-corrected chi connectivity index (χ4v) is 3.02. The predicted octanol–water partition coefficient (Wildman–Crippen LogP) is 3.61. The van der Waals surface area contributed by atoms with Gasteiger partial charge in [-0.05, 0) is 34.5 Å². The summed E-state index contributed by atoms with van der Waals surface area (Å²) in [5.41, 5.74) is 4.80. The molecule has 0 radical (unpaired) electrons. The van der Waals surface area contributed by atoms with Crippen LogP contribution in [0.1, 0.15) is 22.3 Å². The molecule has 0 spiro atoms. The maximum Gasteiger partial charge on any atom is 0.0897 e. The van der Waals surface area contributed by atoms with Gasteiger partial charge in [0.05, 0.1) is 21.8 Å². The molecule has 1 atom stereocenters. The number of halogens is 2. The first-order valence-corrected chi connectivity index (χ1v) is 7.48. The molecule has 0 aliphatic rings. The van der Waals surface area contributed by atoms with Gasteiger partial charge in [-0.15, -0.1) is 11.3 Å². The number of nitrogens with one attached hydrogen (secondary N) is 1. The first-order valence-electron chi connectivity index (χ1n) is 5.43. The number of benzene rings is 1. The third-order valence-electron chi connectivity index (χ3n) is 2.64. The van der Waals surface area contributed by atoms with Gasteiger partial charge in [0.25, 0.3) is 0 Å². The number of hydrogen-bond acceptors (Lipinski definition) is 4. The number of hydrazine groups is 1. The van der Waals surface area contributed by atoms with Crippen molar-refractivity contribution in [1.82, 2.24) is 10.4 Å². The van der Waals surface area contributed by atoms with Gasteiger partial charge < -0.3 is 0 Å². The summed E-state index contributed by atoms with van der Waals surface area (Å²) >= 11 is 11.3. The molecule has 2 rings (SSSR count). The summed E-state index contributed by atoms with van der Waals surface area (Å²) < 4.78 is 0.872. The lowest BCUT2D eigenvalue weighted by atomic mass is 10.0. The van der Waals surface area contributed by atoms with Crippen LogP contribution in [-0.4, -0.2) is 4.98 Å². The number of thiazole rings is 1. The van der Waals surface area contributed by atoms with Crippen molar-refractivity contribution in [2.24, 2.45) is 5.84 Å². The Hall–Kier alpha value is -0.460. The van der Waals surface area contributed by atoms with Crippen LogP contribution in [-0.2, 0) is 6.42 Å². The fourth-order valence-electron chi connectivity index (χ4n) is 1.76. The van der Waals surface area contributed by atoms with Crippen molar-refractivity contribution in [1.29, 1.82) is 0 Å². The highest BCUT2D eigenvalue weighted by molar-refractivity contribution is 9.10. The molecule has 0 saturated carbocycles. The Balaban J connectivity index is 2.25. The van der Waals surface area contributed by atoms with Crippen LogP contribution in [0.3, 0.4) is 0 Å². The van der Waals surface area contributed by atoms with E-state index in [0.29, 0.717) is 5.02 Å². The van der Waals surface area contributed by atoms with Crippen LogP contribution in [0.4, 0.5) is 0 Å². The van der Waals surface area contributed by atoms with Crippen LogP contribution in [0.15, 0.2) is 28.1 Å². The molecule has 3 nitrogen and oxygen atoms in total. The van der Waals surface area contributed by atoms with E-state index in [-0.39, 0.29) is 6.04 Å². The van der Waals surface area contributed by atoms with E-state index >= 15 is 0 Å². The highest BCUT2D eigenvalue weighted by Gasteiger charge is 2.16. The topological polar surface area (TPSA) is 50.9 Å². The van der Waals surface area contributed by atoms with Gasteiger partial charge >= 0.3 is 0 Å². The SMILES string of the molecule is Cc1nc(CC(NN)c2cccc(Br)c2Cl)cs1. The van der Waals surface area contributed by atoms with Crippen molar-refractivity contribution in [2.75, 3.05) is 0 Å². The number of nitrogens with zero attached hydrogens (tertiary/aromatic N) is 1. The normalized spacial score (nSPS) is 12.7. The lowest BCUT2D eigenvalue weighted by Gasteiger charge is -2.17. The van der Waals surface area contributed by atoms with E-state index in [9.17, 15) is 0 Å². The standard InChI is InChI=1S/C12H13BrClN3S/c1-7-16-8(6-18-7)5-11(17-15)9-3-2-4-10(13)12(9)14/h2-4,6,11,17H,5,15H2,1H3. The molecule has 0 saturated heterocycles. The summed E-state index contributed by atoms with van der Waals surface area (Å²) in [6.45, 7) is 1.99. The second kappa shape index (κ2) is 6.12. The van der Waals surface area contributed by atoms with E-state index in [1.54, 1.807) is 11.3 Å². The van der Waals surface area contributed by atoms with Crippen LogP contribution in [0, 0.1) is 6.92 Å². The van der Waals surface area contributed by atoms with Crippen molar-refractivity contribution >= 4 is 38.9 Å². The third-order valence-corrected chi connectivity index (χ3v) is 4.77. The average molecular weight is 347 g/mol. The molecule has 1 unspecified atom stereocenters. The van der Waals surface area contributed by atoms with Gasteiger partial charge in [0, 0.05) is 16.3 Å². The highest BCUT2D eigenvalue weighted by atomic mass is 79.9. The molecule has 0 amide bonds. The lowest BCUT2D eigenvalue weighted by molar-refractivity contribution is 0.547. The maximum atomic E-state index is 6.28. The summed E-state index contributed by atoms with van der Waals surface area (Å²) in [5.74, 6) is 5.63. The van der Waals surface area contributed by atoms with E-state index in [0.717, 1.165) is 27.2 Å². The monoisotopic (exact) mass is 345 g/mol.